The Kier molecular flexibility index (Phi) is 2.71. The van der Waals surface area contributed by atoms with E-state index in [-0.39, 0.29) is 0 Å². The lowest BCUT2D eigenvalue weighted by atomic mass is 9.98. The normalized spacial score (nSPS) is 19.0. The molecule has 0 radical (unpaired) electrons. The fourth-order valence-corrected chi connectivity index (χ4v) is 1.97. The number of hydrogen-bond donors (Lipinski definition) is 1. The average molecular weight is 207 g/mol. The van der Waals surface area contributed by atoms with Crippen molar-refractivity contribution >= 4 is 5.69 Å². The van der Waals surface area contributed by atoms with Crippen LogP contribution in [-0.4, -0.2) is 20.3 Å². The van der Waals surface area contributed by atoms with Gasteiger partial charge < -0.3 is 14.8 Å². The van der Waals surface area contributed by atoms with Gasteiger partial charge in [0.25, 0.3) is 0 Å². The van der Waals surface area contributed by atoms with Crippen molar-refractivity contribution < 1.29 is 9.47 Å². The van der Waals surface area contributed by atoms with Crippen LogP contribution in [-0.2, 0) is 6.42 Å². The molecule has 1 aliphatic rings. The molecule has 1 unspecified atom stereocenters. The molecule has 82 valence electrons. The summed E-state index contributed by atoms with van der Waals surface area (Å²) in [7, 11) is 3.33. The number of aryl methyl sites for hydroxylation is 1. The van der Waals surface area contributed by atoms with Gasteiger partial charge in [0, 0.05) is 17.8 Å². The molecule has 1 heterocycles. The zero-order valence-electron chi connectivity index (χ0n) is 9.46. The van der Waals surface area contributed by atoms with E-state index in [0.29, 0.717) is 6.04 Å². The molecule has 0 saturated heterocycles. The number of hydrogen-bond acceptors (Lipinski definition) is 3. The Balaban J connectivity index is 2.41. The fraction of sp³-hybridized carbons (Fsp3) is 0.500. The van der Waals surface area contributed by atoms with Crippen LogP contribution in [0.15, 0.2) is 12.1 Å². The van der Waals surface area contributed by atoms with Crippen LogP contribution in [0.5, 0.6) is 11.5 Å². The molecule has 0 aromatic heterocycles. The number of rotatable bonds is 2. The highest BCUT2D eigenvalue weighted by Gasteiger charge is 2.17. The lowest BCUT2D eigenvalue weighted by molar-refractivity contribution is 0.354. The molecule has 0 spiro atoms. The van der Waals surface area contributed by atoms with Gasteiger partial charge in [-0.3, -0.25) is 0 Å². The number of benzene rings is 1. The van der Waals surface area contributed by atoms with Crippen molar-refractivity contribution in [3.63, 3.8) is 0 Å². The number of fused-ring (bicyclic) bond motifs is 1. The molecular formula is C12H17NO2. The van der Waals surface area contributed by atoms with Gasteiger partial charge in [0.1, 0.15) is 0 Å². The predicted octanol–water partition coefficient (Wildman–Crippen LogP) is 2.45. The second-order valence-corrected chi connectivity index (χ2v) is 3.95. The molecule has 3 heteroatoms. The molecule has 1 atom stereocenters. The first-order valence-electron chi connectivity index (χ1n) is 5.26. The van der Waals surface area contributed by atoms with Gasteiger partial charge in [0.05, 0.1) is 14.2 Å². The summed E-state index contributed by atoms with van der Waals surface area (Å²) in [6, 6.07) is 4.62. The molecule has 3 nitrogen and oxygen atoms in total. The van der Waals surface area contributed by atoms with E-state index in [2.05, 4.69) is 18.3 Å². The van der Waals surface area contributed by atoms with Crippen molar-refractivity contribution in [3.8, 4) is 11.5 Å². The first-order valence-corrected chi connectivity index (χ1v) is 5.26. The van der Waals surface area contributed by atoms with Gasteiger partial charge in [-0.25, -0.2) is 0 Å². The molecule has 0 bridgehead atoms. The van der Waals surface area contributed by atoms with Crippen molar-refractivity contribution in [1.82, 2.24) is 0 Å². The van der Waals surface area contributed by atoms with Crippen LogP contribution in [0.25, 0.3) is 0 Å². The molecule has 0 saturated carbocycles. The first-order chi connectivity index (χ1) is 7.24. The van der Waals surface area contributed by atoms with E-state index in [9.17, 15) is 0 Å². The monoisotopic (exact) mass is 207 g/mol. The minimum Gasteiger partial charge on any atom is -0.493 e. The summed E-state index contributed by atoms with van der Waals surface area (Å²) in [4.78, 5) is 0. The smallest absolute Gasteiger partial charge is 0.162 e. The molecular weight excluding hydrogens is 190 g/mol. The zero-order chi connectivity index (χ0) is 10.8. The molecule has 0 aliphatic carbocycles. The van der Waals surface area contributed by atoms with E-state index in [1.54, 1.807) is 14.2 Å². The van der Waals surface area contributed by atoms with E-state index >= 15 is 0 Å². The van der Waals surface area contributed by atoms with Crippen LogP contribution in [0.3, 0.4) is 0 Å². The number of ether oxygens (including phenoxy) is 2. The SMILES string of the molecule is COc1cc2c(cc1OC)NC(C)CC2. The lowest BCUT2D eigenvalue weighted by Crippen LogP contribution is -2.21. The van der Waals surface area contributed by atoms with Gasteiger partial charge in [-0.1, -0.05) is 0 Å². The van der Waals surface area contributed by atoms with E-state index in [1.807, 2.05) is 6.07 Å². The number of anilines is 1. The molecule has 0 fully saturated rings. The fourth-order valence-electron chi connectivity index (χ4n) is 1.97. The van der Waals surface area contributed by atoms with Crippen molar-refractivity contribution in [1.29, 1.82) is 0 Å². The Labute approximate surface area is 90.4 Å². The Bertz CT molecular complexity index is 363. The summed E-state index contributed by atoms with van der Waals surface area (Å²) in [5.74, 6) is 1.60. The average Bonchev–Trinajstić information content (AvgIpc) is 2.27. The maximum absolute atomic E-state index is 5.28. The van der Waals surface area contributed by atoms with E-state index < -0.39 is 0 Å². The van der Waals surface area contributed by atoms with Gasteiger partial charge in [-0.2, -0.15) is 0 Å². The highest BCUT2D eigenvalue weighted by Crippen LogP contribution is 2.36. The summed E-state index contributed by atoms with van der Waals surface area (Å²) in [5.41, 5.74) is 2.48. The molecule has 15 heavy (non-hydrogen) atoms. The molecule has 1 aromatic rings. The van der Waals surface area contributed by atoms with Crippen molar-refractivity contribution in [2.45, 2.75) is 25.8 Å². The minimum atomic E-state index is 0.538. The maximum Gasteiger partial charge on any atom is 0.162 e. The summed E-state index contributed by atoms with van der Waals surface area (Å²) >= 11 is 0. The Hall–Kier alpha value is -1.38. The third kappa shape index (κ3) is 1.87. The van der Waals surface area contributed by atoms with Crippen LogP contribution in [0.4, 0.5) is 5.69 Å². The predicted molar refractivity (Wildman–Crippen MR) is 61.0 cm³/mol. The first kappa shape index (κ1) is 10.1. The quantitative estimate of drug-likeness (QED) is 0.808. The number of methoxy groups -OCH3 is 2. The van der Waals surface area contributed by atoms with Crippen LogP contribution < -0.4 is 14.8 Å². The summed E-state index contributed by atoms with van der Waals surface area (Å²) in [6.45, 7) is 2.19. The molecule has 2 rings (SSSR count). The molecule has 1 N–H and O–H groups in total. The van der Waals surface area contributed by atoms with Gasteiger partial charge in [-0.05, 0) is 31.4 Å². The van der Waals surface area contributed by atoms with Crippen molar-refractivity contribution in [2.24, 2.45) is 0 Å². The van der Waals surface area contributed by atoms with Crippen molar-refractivity contribution in [3.05, 3.63) is 17.7 Å². The van der Waals surface area contributed by atoms with Gasteiger partial charge in [0.15, 0.2) is 11.5 Å². The van der Waals surface area contributed by atoms with E-state index in [4.69, 9.17) is 9.47 Å². The maximum atomic E-state index is 5.28. The Morgan fingerprint density at radius 3 is 2.53 bits per heavy atom. The van der Waals surface area contributed by atoms with E-state index in [1.165, 1.54) is 17.7 Å². The topological polar surface area (TPSA) is 30.5 Å². The zero-order valence-corrected chi connectivity index (χ0v) is 9.46. The van der Waals surface area contributed by atoms with Gasteiger partial charge >= 0.3 is 0 Å². The highest BCUT2D eigenvalue weighted by atomic mass is 16.5. The highest BCUT2D eigenvalue weighted by molar-refractivity contribution is 5.62. The van der Waals surface area contributed by atoms with Gasteiger partial charge in [0.2, 0.25) is 0 Å². The largest absolute Gasteiger partial charge is 0.493 e. The third-order valence-electron chi connectivity index (χ3n) is 2.86. The Morgan fingerprint density at radius 1 is 1.20 bits per heavy atom. The van der Waals surface area contributed by atoms with Crippen LogP contribution in [0.1, 0.15) is 18.9 Å². The van der Waals surface area contributed by atoms with Gasteiger partial charge in [-0.15, -0.1) is 0 Å². The summed E-state index contributed by atoms with van der Waals surface area (Å²) in [6.07, 6.45) is 2.27. The standard InChI is InChI=1S/C12H17NO2/c1-8-4-5-9-6-11(14-2)12(15-3)7-10(9)13-8/h6-8,13H,4-5H2,1-3H3. The minimum absolute atomic E-state index is 0.538. The number of nitrogens with one attached hydrogen (secondary N) is 1. The second kappa shape index (κ2) is 4.01. The molecule has 1 aliphatic heterocycles. The van der Waals surface area contributed by atoms with E-state index in [0.717, 1.165) is 17.9 Å². The van der Waals surface area contributed by atoms with Crippen molar-refractivity contribution in [2.75, 3.05) is 19.5 Å². The summed E-state index contributed by atoms with van der Waals surface area (Å²) < 4.78 is 10.5. The van der Waals surface area contributed by atoms with Crippen LogP contribution in [0, 0.1) is 0 Å². The molecule has 1 aromatic carbocycles. The third-order valence-corrected chi connectivity index (χ3v) is 2.86. The van der Waals surface area contributed by atoms with Crippen LogP contribution in [0.2, 0.25) is 0 Å². The second-order valence-electron chi connectivity index (χ2n) is 3.95. The van der Waals surface area contributed by atoms with Crippen LogP contribution >= 0.6 is 0 Å². The lowest BCUT2D eigenvalue weighted by Gasteiger charge is -2.25. The molecule has 0 amide bonds. The Morgan fingerprint density at radius 2 is 1.87 bits per heavy atom. The summed E-state index contributed by atoms with van der Waals surface area (Å²) in [5, 5.41) is 3.45.